The van der Waals surface area contributed by atoms with Gasteiger partial charge in [-0.3, -0.25) is 4.79 Å². The van der Waals surface area contributed by atoms with Crippen LogP contribution in [0.3, 0.4) is 0 Å². The first-order chi connectivity index (χ1) is 8.02. The minimum atomic E-state index is -0.466. The van der Waals surface area contributed by atoms with Crippen LogP contribution in [0.25, 0.3) is 0 Å². The van der Waals surface area contributed by atoms with Crippen LogP contribution < -0.4 is 10.6 Å². The predicted molar refractivity (Wildman–Crippen MR) is 67.7 cm³/mol. The van der Waals surface area contributed by atoms with Crippen molar-refractivity contribution in [1.82, 2.24) is 5.32 Å². The van der Waals surface area contributed by atoms with Gasteiger partial charge in [-0.2, -0.15) is 0 Å². The molecule has 2 N–H and O–H groups in total. The quantitative estimate of drug-likeness (QED) is 0.853. The van der Waals surface area contributed by atoms with E-state index >= 15 is 0 Å². The van der Waals surface area contributed by atoms with Crippen molar-refractivity contribution >= 4 is 23.2 Å². The first kappa shape index (κ1) is 13.9. The number of amides is 1. The third-order valence-corrected chi connectivity index (χ3v) is 2.50. The smallest absolute Gasteiger partial charge is 0.228 e. The summed E-state index contributed by atoms with van der Waals surface area (Å²) in [4.78, 5) is 11.7. The average molecular weight is 259 g/mol. The van der Waals surface area contributed by atoms with E-state index in [1.54, 1.807) is 6.92 Å². The first-order valence-electron chi connectivity index (χ1n) is 5.50. The Morgan fingerprint density at radius 1 is 1.47 bits per heavy atom. The minimum Gasteiger partial charge on any atom is -0.326 e. The molecule has 0 aromatic heterocycles. The largest absolute Gasteiger partial charge is 0.326 e. The molecule has 0 aliphatic heterocycles. The molecular weight excluding hydrogens is 243 g/mol. The lowest BCUT2D eigenvalue weighted by Gasteiger charge is -2.12. The Morgan fingerprint density at radius 3 is 2.76 bits per heavy atom. The summed E-state index contributed by atoms with van der Waals surface area (Å²) in [5.41, 5.74) is 0.378. The third-order valence-electron chi connectivity index (χ3n) is 2.28. The summed E-state index contributed by atoms with van der Waals surface area (Å²) in [5.74, 6) is -0.809. The van der Waals surface area contributed by atoms with E-state index < -0.39 is 5.82 Å². The van der Waals surface area contributed by atoms with E-state index in [0.29, 0.717) is 12.2 Å². The monoisotopic (exact) mass is 258 g/mol. The molecule has 0 spiro atoms. The molecule has 1 aromatic carbocycles. The second-order valence-corrected chi connectivity index (χ2v) is 4.29. The summed E-state index contributed by atoms with van der Waals surface area (Å²) >= 11 is 5.69. The number of anilines is 1. The summed E-state index contributed by atoms with van der Waals surface area (Å²) in [6, 6.07) is 3.95. The van der Waals surface area contributed by atoms with Crippen molar-refractivity contribution < 1.29 is 9.18 Å². The first-order valence-corrected chi connectivity index (χ1v) is 5.88. The molecule has 5 heteroatoms. The highest BCUT2D eigenvalue weighted by molar-refractivity contribution is 6.30. The molecule has 0 saturated heterocycles. The van der Waals surface area contributed by atoms with Crippen molar-refractivity contribution in [3.63, 3.8) is 0 Å². The number of carbonyl (C=O) groups is 1. The van der Waals surface area contributed by atoms with Crippen LogP contribution in [-0.4, -0.2) is 19.0 Å². The number of rotatable bonds is 5. The molecule has 1 aromatic rings. The lowest BCUT2D eigenvalue weighted by molar-refractivity contribution is -0.119. The maximum absolute atomic E-state index is 13.0. The van der Waals surface area contributed by atoms with Gasteiger partial charge in [-0.05, 0) is 24.7 Å². The molecule has 0 aliphatic rings. The van der Waals surface area contributed by atoms with E-state index in [-0.39, 0.29) is 16.8 Å². The van der Waals surface area contributed by atoms with Crippen molar-refractivity contribution in [2.45, 2.75) is 13.8 Å². The Morgan fingerprint density at radius 2 is 2.18 bits per heavy atom. The summed E-state index contributed by atoms with van der Waals surface area (Å²) < 4.78 is 13.0. The van der Waals surface area contributed by atoms with Crippen molar-refractivity contribution in [3.8, 4) is 0 Å². The Kier molecular flexibility index (Phi) is 5.38. The van der Waals surface area contributed by atoms with Crippen LogP contribution in [0, 0.1) is 11.7 Å². The highest BCUT2D eigenvalue weighted by Gasteiger charge is 2.12. The second-order valence-electron chi connectivity index (χ2n) is 3.86. The molecular formula is C12H16ClFN2O. The van der Waals surface area contributed by atoms with Gasteiger partial charge in [0.15, 0.2) is 0 Å². The molecule has 1 unspecified atom stereocenters. The van der Waals surface area contributed by atoms with Gasteiger partial charge in [0.1, 0.15) is 5.82 Å². The Balaban J connectivity index is 2.61. The van der Waals surface area contributed by atoms with Gasteiger partial charge in [0.05, 0.1) is 0 Å². The molecule has 1 amide bonds. The van der Waals surface area contributed by atoms with Crippen LogP contribution in [0.15, 0.2) is 18.2 Å². The van der Waals surface area contributed by atoms with Gasteiger partial charge >= 0.3 is 0 Å². The zero-order chi connectivity index (χ0) is 12.8. The van der Waals surface area contributed by atoms with Crippen molar-refractivity contribution in [2.75, 3.05) is 18.4 Å². The van der Waals surface area contributed by atoms with E-state index in [9.17, 15) is 9.18 Å². The number of hydrogen-bond donors (Lipinski definition) is 2. The molecule has 1 atom stereocenters. The maximum atomic E-state index is 13.0. The normalized spacial score (nSPS) is 12.2. The van der Waals surface area contributed by atoms with E-state index in [0.717, 1.165) is 6.54 Å². The van der Waals surface area contributed by atoms with Crippen LogP contribution in [0.2, 0.25) is 5.02 Å². The summed E-state index contributed by atoms with van der Waals surface area (Å²) in [6.45, 7) is 5.17. The van der Waals surface area contributed by atoms with Gasteiger partial charge < -0.3 is 10.6 Å². The molecule has 0 radical (unpaired) electrons. The van der Waals surface area contributed by atoms with Gasteiger partial charge in [0.25, 0.3) is 0 Å². The minimum absolute atomic E-state index is 0.160. The Bertz CT molecular complexity index is 378. The van der Waals surface area contributed by atoms with Crippen LogP contribution in [0.5, 0.6) is 0 Å². The summed E-state index contributed by atoms with van der Waals surface area (Å²) in [5, 5.41) is 5.97. The van der Waals surface area contributed by atoms with E-state index in [1.165, 1.54) is 18.2 Å². The van der Waals surface area contributed by atoms with Crippen molar-refractivity contribution in [2.24, 2.45) is 5.92 Å². The number of nitrogens with one attached hydrogen (secondary N) is 2. The van der Waals surface area contributed by atoms with Gasteiger partial charge in [-0.15, -0.1) is 0 Å². The van der Waals surface area contributed by atoms with Crippen LogP contribution >= 0.6 is 11.6 Å². The standard InChI is InChI=1S/C12H16ClFN2O/c1-3-15-7-8(2)12(17)16-11-5-9(13)4-10(14)6-11/h4-6,8,15H,3,7H2,1-2H3,(H,16,17). The molecule has 0 fully saturated rings. The molecule has 0 bridgehead atoms. The average Bonchev–Trinajstić information content (AvgIpc) is 2.24. The highest BCUT2D eigenvalue weighted by atomic mass is 35.5. The summed E-state index contributed by atoms with van der Waals surface area (Å²) in [7, 11) is 0. The second kappa shape index (κ2) is 6.57. The SMILES string of the molecule is CCNCC(C)C(=O)Nc1cc(F)cc(Cl)c1. The zero-order valence-electron chi connectivity index (χ0n) is 9.89. The molecule has 94 valence electrons. The van der Waals surface area contributed by atoms with Gasteiger partial charge in [-0.25, -0.2) is 4.39 Å². The maximum Gasteiger partial charge on any atom is 0.228 e. The van der Waals surface area contributed by atoms with Crippen LogP contribution in [0.1, 0.15) is 13.8 Å². The molecule has 0 heterocycles. The van der Waals surface area contributed by atoms with Crippen LogP contribution in [-0.2, 0) is 4.79 Å². The van der Waals surface area contributed by atoms with E-state index in [1.807, 2.05) is 6.92 Å². The zero-order valence-corrected chi connectivity index (χ0v) is 10.6. The fourth-order valence-corrected chi connectivity index (χ4v) is 1.57. The lowest BCUT2D eigenvalue weighted by atomic mass is 10.1. The number of benzene rings is 1. The van der Waals surface area contributed by atoms with Gasteiger partial charge in [0, 0.05) is 23.2 Å². The topological polar surface area (TPSA) is 41.1 Å². The predicted octanol–water partition coefficient (Wildman–Crippen LogP) is 2.66. The van der Waals surface area contributed by atoms with Gasteiger partial charge in [-0.1, -0.05) is 25.4 Å². The van der Waals surface area contributed by atoms with Gasteiger partial charge in [0.2, 0.25) is 5.91 Å². The van der Waals surface area contributed by atoms with E-state index in [4.69, 9.17) is 11.6 Å². The van der Waals surface area contributed by atoms with Crippen molar-refractivity contribution in [3.05, 3.63) is 29.0 Å². The van der Waals surface area contributed by atoms with Crippen molar-refractivity contribution in [1.29, 1.82) is 0 Å². The molecule has 1 rings (SSSR count). The van der Waals surface area contributed by atoms with Crippen LogP contribution in [0.4, 0.5) is 10.1 Å². The highest BCUT2D eigenvalue weighted by Crippen LogP contribution is 2.18. The Hall–Kier alpha value is -1.13. The molecule has 3 nitrogen and oxygen atoms in total. The number of halogens is 2. The Labute approximate surface area is 105 Å². The molecule has 0 saturated carbocycles. The summed E-state index contributed by atoms with van der Waals surface area (Å²) in [6.07, 6.45) is 0. The number of carbonyl (C=O) groups excluding carboxylic acids is 1. The van der Waals surface area contributed by atoms with E-state index in [2.05, 4.69) is 10.6 Å². The lowest BCUT2D eigenvalue weighted by Crippen LogP contribution is -2.30. The third kappa shape index (κ3) is 4.71. The fraction of sp³-hybridized carbons (Fsp3) is 0.417. The molecule has 0 aliphatic carbocycles. The fourth-order valence-electron chi connectivity index (χ4n) is 1.35. The molecule has 17 heavy (non-hydrogen) atoms. The number of hydrogen-bond acceptors (Lipinski definition) is 2.